The molecule has 1 aromatic carbocycles. The normalized spacial score (nSPS) is 11.1. The second kappa shape index (κ2) is 5.52. The van der Waals surface area contributed by atoms with Crippen LogP contribution >= 0.6 is 0 Å². The van der Waals surface area contributed by atoms with E-state index in [1.54, 1.807) is 13.8 Å². The molecule has 0 amide bonds. The molecule has 0 atom stereocenters. The van der Waals surface area contributed by atoms with Gasteiger partial charge in [0.25, 0.3) is 0 Å². The molecule has 7 nitrogen and oxygen atoms in total. The standard InChI is InChI=1S/C12H12F2N4O3/c1-6(2)17-10(5-19)15-16-12(17)8-3-7(13)4-9(11(8)14)18(20)21/h3-4,6,19H,5H2,1-2H3. The third-order valence-corrected chi connectivity index (χ3v) is 2.88. The molecule has 0 aliphatic heterocycles. The number of rotatable bonds is 4. The Morgan fingerprint density at radius 1 is 1.38 bits per heavy atom. The molecule has 0 bridgehead atoms. The number of aliphatic hydroxyl groups is 1. The van der Waals surface area contributed by atoms with Crippen LogP contribution in [-0.4, -0.2) is 24.8 Å². The highest BCUT2D eigenvalue weighted by Gasteiger charge is 2.25. The maximum Gasteiger partial charge on any atom is 0.308 e. The van der Waals surface area contributed by atoms with Crippen LogP contribution in [-0.2, 0) is 6.61 Å². The number of halogens is 2. The Morgan fingerprint density at radius 2 is 2.05 bits per heavy atom. The molecule has 2 aromatic rings. The first-order valence-corrected chi connectivity index (χ1v) is 6.05. The summed E-state index contributed by atoms with van der Waals surface area (Å²) in [6.45, 7) is 3.03. The fraction of sp³-hybridized carbons (Fsp3) is 0.333. The molecule has 0 radical (unpaired) electrons. The third kappa shape index (κ3) is 2.59. The number of aromatic nitrogens is 3. The molecule has 0 unspecified atom stereocenters. The first-order chi connectivity index (χ1) is 9.86. The lowest BCUT2D eigenvalue weighted by molar-refractivity contribution is -0.387. The van der Waals surface area contributed by atoms with Gasteiger partial charge in [0.2, 0.25) is 5.82 Å². The van der Waals surface area contributed by atoms with E-state index < -0.39 is 28.9 Å². The van der Waals surface area contributed by atoms with Crippen LogP contribution in [0.3, 0.4) is 0 Å². The van der Waals surface area contributed by atoms with Crippen molar-refractivity contribution in [3.63, 3.8) is 0 Å². The molecule has 112 valence electrons. The zero-order chi connectivity index (χ0) is 15.7. The van der Waals surface area contributed by atoms with Gasteiger partial charge in [-0.1, -0.05) is 0 Å². The van der Waals surface area contributed by atoms with Crippen molar-refractivity contribution < 1.29 is 18.8 Å². The molecule has 0 aliphatic rings. The first-order valence-electron chi connectivity index (χ1n) is 6.05. The van der Waals surface area contributed by atoms with Crippen LogP contribution in [0.4, 0.5) is 14.5 Å². The number of nitro groups is 1. The largest absolute Gasteiger partial charge is 0.388 e. The van der Waals surface area contributed by atoms with Gasteiger partial charge in [-0.3, -0.25) is 10.1 Å². The van der Waals surface area contributed by atoms with Gasteiger partial charge in [0.05, 0.1) is 16.6 Å². The summed E-state index contributed by atoms with van der Waals surface area (Å²) in [5.74, 6) is -2.07. The van der Waals surface area contributed by atoms with Crippen molar-refractivity contribution in [2.24, 2.45) is 0 Å². The molecule has 21 heavy (non-hydrogen) atoms. The van der Waals surface area contributed by atoms with Crippen molar-refractivity contribution in [2.45, 2.75) is 26.5 Å². The number of hydrogen-bond donors (Lipinski definition) is 1. The second-order valence-corrected chi connectivity index (χ2v) is 4.61. The quantitative estimate of drug-likeness (QED) is 0.689. The van der Waals surface area contributed by atoms with Gasteiger partial charge in [-0.05, 0) is 19.9 Å². The van der Waals surface area contributed by atoms with Crippen LogP contribution in [0.2, 0.25) is 0 Å². The van der Waals surface area contributed by atoms with Crippen LogP contribution in [0.1, 0.15) is 25.7 Å². The molecule has 1 N–H and O–H groups in total. The van der Waals surface area contributed by atoms with E-state index in [9.17, 15) is 24.0 Å². The molecule has 0 spiro atoms. The smallest absolute Gasteiger partial charge is 0.308 e. The zero-order valence-electron chi connectivity index (χ0n) is 11.2. The maximum absolute atomic E-state index is 14.2. The molecule has 1 aromatic heterocycles. The highest BCUT2D eigenvalue weighted by Crippen LogP contribution is 2.31. The molecule has 2 rings (SSSR count). The van der Waals surface area contributed by atoms with Crippen LogP contribution in [0, 0.1) is 21.7 Å². The number of nitrogens with zero attached hydrogens (tertiary/aromatic N) is 4. The Hall–Kier alpha value is -2.42. The lowest BCUT2D eigenvalue weighted by Gasteiger charge is -2.13. The third-order valence-electron chi connectivity index (χ3n) is 2.88. The fourth-order valence-corrected chi connectivity index (χ4v) is 2.03. The zero-order valence-corrected chi connectivity index (χ0v) is 11.2. The lowest BCUT2D eigenvalue weighted by Crippen LogP contribution is -2.09. The van der Waals surface area contributed by atoms with Crippen molar-refractivity contribution in [3.05, 3.63) is 39.7 Å². The van der Waals surface area contributed by atoms with Crippen molar-refractivity contribution >= 4 is 5.69 Å². The van der Waals surface area contributed by atoms with Gasteiger partial charge in [-0.15, -0.1) is 10.2 Å². The van der Waals surface area contributed by atoms with Crippen molar-refractivity contribution in [2.75, 3.05) is 0 Å². The molecular weight excluding hydrogens is 286 g/mol. The number of hydrogen-bond acceptors (Lipinski definition) is 5. The van der Waals surface area contributed by atoms with Gasteiger partial charge >= 0.3 is 5.69 Å². The van der Waals surface area contributed by atoms with Gasteiger partial charge < -0.3 is 9.67 Å². The summed E-state index contributed by atoms with van der Waals surface area (Å²) in [6, 6.07) is 1.06. The van der Waals surface area contributed by atoms with Crippen LogP contribution in [0.5, 0.6) is 0 Å². The summed E-state index contributed by atoms with van der Waals surface area (Å²) < 4.78 is 29.1. The fourth-order valence-electron chi connectivity index (χ4n) is 2.03. The van der Waals surface area contributed by atoms with E-state index in [1.165, 1.54) is 4.57 Å². The minimum atomic E-state index is -1.19. The average Bonchev–Trinajstić information content (AvgIpc) is 2.84. The van der Waals surface area contributed by atoms with E-state index in [0.717, 1.165) is 6.07 Å². The van der Waals surface area contributed by atoms with E-state index in [-0.39, 0.29) is 23.3 Å². The predicted octanol–water partition coefficient (Wildman–Crippen LogP) is 2.20. The summed E-state index contributed by atoms with van der Waals surface area (Å²) >= 11 is 0. The van der Waals surface area contributed by atoms with E-state index in [4.69, 9.17) is 0 Å². The Labute approximate surface area is 118 Å². The van der Waals surface area contributed by atoms with Crippen LogP contribution in [0.25, 0.3) is 11.4 Å². The molecule has 0 aliphatic carbocycles. The van der Waals surface area contributed by atoms with Gasteiger partial charge in [0, 0.05) is 6.04 Å². The average molecular weight is 298 g/mol. The van der Waals surface area contributed by atoms with Crippen molar-refractivity contribution in [1.29, 1.82) is 0 Å². The predicted molar refractivity (Wildman–Crippen MR) is 68.3 cm³/mol. The van der Waals surface area contributed by atoms with Gasteiger partial charge in [-0.2, -0.15) is 4.39 Å². The van der Waals surface area contributed by atoms with E-state index >= 15 is 0 Å². The minimum absolute atomic E-state index is 0.0749. The summed E-state index contributed by atoms with van der Waals surface area (Å²) in [5.41, 5.74) is -1.35. The SMILES string of the molecule is CC(C)n1c(CO)nnc1-c1cc(F)cc([N+](=O)[O-])c1F. The van der Waals surface area contributed by atoms with E-state index in [1.807, 2.05) is 0 Å². The highest BCUT2D eigenvalue weighted by molar-refractivity contribution is 5.61. The lowest BCUT2D eigenvalue weighted by atomic mass is 10.1. The van der Waals surface area contributed by atoms with E-state index in [0.29, 0.717) is 6.07 Å². The monoisotopic (exact) mass is 298 g/mol. The summed E-state index contributed by atoms with van der Waals surface area (Å²) in [6.07, 6.45) is 0. The van der Waals surface area contributed by atoms with Crippen LogP contribution < -0.4 is 0 Å². The molecule has 1 heterocycles. The molecule has 0 saturated heterocycles. The van der Waals surface area contributed by atoms with E-state index in [2.05, 4.69) is 10.2 Å². The Balaban J connectivity index is 2.73. The van der Waals surface area contributed by atoms with Gasteiger partial charge in [0.1, 0.15) is 12.4 Å². The Kier molecular flexibility index (Phi) is 3.94. The number of aliphatic hydroxyl groups excluding tert-OH is 1. The summed E-state index contributed by atoms with van der Waals surface area (Å²) in [4.78, 5) is 9.74. The molecule has 0 saturated carbocycles. The topological polar surface area (TPSA) is 94.1 Å². The Bertz CT molecular complexity index is 700. The molecule has 9 heteroatoms. The highest BCUT2D eigenvalue weighted by atomic mass is 19.1. The summed E-state index contributed by atoms with van der Waals surface area (Å²) in [7, 11) is 0. The maximum atomic E-state index is 14.2. The molecular formula is C12H12F2N4O3. The van der Waals surface area contributed by atoms with Gasteiger partial charge in [-0.25, -0.2) is 4.39 Å². The van der Waals surface area contributed by atoms with Gasteiger partial charge in [0.15, 0.2) is 11.6 Å². The first kappa shape index (κ1) is 15.0. The van der Waals surface area contributed by atoms with Crippen molar-refractivity contribution in [3.8, 4) is 11.4 Å². The summed E-state index contributed by atoms with van der Waals surface area (Å²) in [5, 5.41) is 27.3. The number of nitro benzene ring substituents is 1. The van der Waals surface area contributed by atoms with Crippen LogP contribution in [0.15, 0.2) is 12.1 Å². The Morgan fingerprint density at radius 3 is 2.57 bits per heavy atom. The molecule has 0 fully saturated rings. The van der Waals surface area contributed by atoms with Crippen molar-refractivity contribution in [1.82, 2.24) is 14.8 Å². The second-order valence-electron chi connectivity index (χ2n) is 4.61. The number of benzene rings is 1. The minimum Gasteiger partial charge on any atom is -0.388 e.